The maximum Gasteiger partial charge on any atom is 0.169 e. The SMILES string of the molecule is CC(Sc1nccn1Cc1nccs1)N(C)C. The minimum absolute atomic E-state index is 0.410. The Morgan fingerprint density at radius 2 is 2.24 bits per heavy atom. The first-order valence-electron chi connectivity index (χ1n) is 5.39. The van der Waals surface area contributed by atoms with Crippen LogP contribution in [0.2, 0.25) is 0 Å². The van der Waals surface area contributed by atoms with Crippen LogP contribution in [0.5, 0.6) is 0 Å². The van der Waals surface area contributed by atoms with E-state index >= 15 is 0 Å². The molecule has 0 fully saturated rings. The quantitative estimate of drug-likeness (QED) is 0.616. The average Bonchev–Trinajstić information content (AvgIpc) is 2.91. The molecule has 17 heavy (non-hydrogen) atoms. The predicted molar refractivity (Wildman–Crippen MR) is 72.4 cm³/mol. The van der Waals surface area contributed by atoms with Gasteiger partial charge in [0.15, 0.2) is 5.16 Å². The van der Waals surface area contributed by atoms with Crippen molar-refractivity contribution in [3.05, 3.63) is 29.0 Å². The number of nitrogens with zero attached hydrogens (tertiary/aromatic N) is 4. The largest absolute Gasteiger partial charge is 0.319 e. The first-order chi connectivity index (χ1) is 8.16. The molecule has 0 aliphatic heterocycles. The van der Waals surface area contributed by atoms with Crippen molar-refractivity contribution in [1.82, 2.24) is 19.4 Å². The maximum absolute atomic E-state index is 4.40. The first-order valence-corrected chi connectivity index (χ1v) is 7.15. The second-order valence-electron chi connectivity index (χ2n) is 3.94. The molecule has 0 aliphatic rings. The Morgan fingerprint density at radius 1 is 1.41 bits per heavy atom. The van der Waals surface area contributed by atoms with Crippen LogP contribution in [-0.4, -0.2) is 38.9 Å². The maximum atomic E-state index is 4.40. The van der Waals surface area contributed by atoms with Crippen LogP contribution in [0, 0.1) is 0 Å². The van der Waals surface area contributed by atoms with Gasteiger partial charge in [-0.15, -0.1) is 11.3 Å². The fraction of sp³-hybridized carbons (Fsp3) is 0.455. The van der Waals surface area contributed by atoms with Crippen LogP contribution in [-0.2, 0) is 6.54 Å². The summed E-state index contributed by atoms with van der Waals surface area (Å²) in [5.41, 5.74) is 0. The average molecular weight is 268 g/mol. The van der Waals surface area contributed by atoms with E-state index in [4.69, 9.17) is 0 Å². The molecule has 2 rings (SSSR count). The standard InChI is InChI=1S/C11H16N4S2/c1-9(14(2)3)17-11-13-4-6-15(11)8-10-12-5-7-16-10/h4-7,9H,8H2,1-3H3. The van der Waals surface area contributed by atoms with Crippen LogP contribution < -0.4 is 0 Å². The zero-order valence-electron chi connectivity index (χ0n) is 10.2. The van der Waals surface area contributed by atoms with Crippen LogP contribution in [0.15, 0.2) is 29.1 Å². The van der Waals surface area contributed by atoms with Crippen molar-refractivity contribution in [2.45, 2.75) is 24.0 Å². The molecule has 0 saturated carbocycles. The summed E-state index contributed by atoms with van der Waals surface area (Å²) >= 11 is 3.44. The van der Waals surface area contributed by atoms with Gasteiger partial charge in [-0.3, -0.25) is 4.90 Å². The van der Waals surface area contributed by atoms with Crippen molar-refractivity contribution < 1.29 is 0 Å². The Bertz CT molecular complexity index is 450. The van der Waals surface area contributed by atoms with Gasteiger partial charge in [0.1, 0.15) is 5.01 Å². The molecule has 0 N–H and O–H groups in total. The molecule has 92 valence electrons. The molecule has 0 aliphatic carbocycles. The topological polar surface area (TPSA) is 34.0 Å². The van der Waals surface area contributed by atoms with Crippen LogP contribution in [0.25, 0.3) is 0 Å². The molecule has 0 amide bonds. The summed E-state index contributed by atoms with van der Waals surface area (Å²) in [6, 6.07) is 0. The summed E-state index contributed by atoms with van der Waals surface area (Å²) in [5.74, 6) is 0. The highest BCUT2D eigenvalue weighted by molar-refractivity contribution is 7.99. The van der Waals surface area contributed by atoms with Crippen LogP contribution in [0.4, 0.5) is 0 Å². The molecule has 1 atom stereocenters. The number of rotatable bonds is 5. The zero-order chi connectivity index (χ0) is 12.3. The van der Waals surface area contributed by atoms with Crippen molar-refractivity contribution in [3.8, 4) is 0 Å². The van der Waals surface area contributed by atoms with E-state index in [9.17, 15) is 0 Å². The fourth-order valence-electron chi connectivity index (χ4n) is 1.27. The van der Waals surface area contributed by atoms with Crippen molar-refractivity contribution >= 4 is 23.1 Å². The van der Waals surface area contributed by atoms with Crippen LogP contribution in [0.3, 0.4) is 0 Å². The van der Waals surface area contributed by atoms with E-state index in [2.05, 4.69) is 40.5 Å². The molecular formula is C11H16N4S2. The molecule has 0 spiro atoms. The highest BCUT2D eigenvalue weighted by Gasteiger charge is 2.11. The zero-order valence-corrected chi connectivity index (χ0v) is 11.8. The van der Waals surface area contributed by atoms with Gasteiger partial charge in [0, 0.05) is 24.0 Å². The van der Waals surface area contributed by atoms with Gasteiger partial charge in [-0.2, -0.15) is 0 Å². The van der Waals surface area contributed by atoms with Gasteiger partial charge in [-0.05, 0) is 21.0 Å². The van der Waals surface area contributed by atoms with Gasteiger partial charge >= 0.3 is 0 Å². The molecule has 2 aromatic heterocycles. The Hall–Kier alpha value is -0.850. The van der Waals surface area contributed by atoms with Gasteiger partial charge in [-0.25, -0.2) is 9.97 Å². The number of hydrogen-bond donors (Lipinski definition) is 0. The summed E-state index contributed by atoms with van der Waals surface area (Å²) in [6.45, 7) is 2.98. The Balaban J connectivity index is 2.06. The van der Waals surface area contributed by atoms with E-state index in [-0.39, 0.29) is 0 Å². The predicted octanol–water partition coefficient (Wildman–Crippen LogP) is 2.39. The lowest BCUT2D eigenvalue weighted by Crippen LogP contribution is -2.21. The summed E-state index contributed by atoms with van der Waals surface area (Å²) in [6.07, 6.45) is 5.69. The highest BCUT2D eigenvalue weighted by Crippen LogP contribution is 2.23. The lowest BCUT2D eigenvalue weighted by molar-refractivity contribution is 0.401. The minimum Gasteiger partial charge on any atom is -0.319 e. The molecular weight excluding hydrogens is 252 g/mol. The van der Waals surface area contributed by atoms with Gasteiger partial charge in [0.05, 0.1) is 11.9 Å². The molecule has 0 bridgehead atoms. The Kier molecular flexibility index (Phi) is 4.20. The van der Waals surface area contributed by atoms with E-state index in [0.29, 0.717) is 5.37 Å². The molecule has 0 radical (unpaired) electrons. The fourth-order valence-corrected chi connectivity index (χ4v) is 2.78. The van der Waals surface area contributed by atoms with E-state index in [1.54, 1.807) is 23.1 Å². The second kappa shape index (κ2) is 5.66. The lowest BCUT2D eigenvalue weighted by Gasteiger charge is -2.18. The number of aromatic nitrogens is 3. The van der Waals surface area contributed by atoms with Crippen molar-refractivity contribution in [1.29, 1.82) is 0 Å². The monoisotopic (exact) mass is 268 g/mol. The summed E-state index contributed by atoms with van der Waals surface area (Å²) < 4.78 is 2.14. The molecule has 2 aromatic rings. The van der Waals surface area contributed by atoms with Crippen molar-refractivity contribution in [2.75, 3.05) is 14.1 Å². The Labute approximate surface area is 110 Å². The number of hydrogen-bond acceptors (Lipinski definition) is 5. The van der Waals surface area contributed by atoms with Crippen LogP contribution >= 0.6 is 23.1 Å². The summed E-state index contributed by atoms with van der Waals surface area (Å²) in [7, 11) is 4.15. The van der Waals surface area contributed by atoms with E-state index < -0.39 is 0 Å². The third-order valence-electron chi connectivity index (χ3n) is 2.47. The summed E-state index contributed by atoms with van der Waals surface area (Å²) in [5, 5.41) is 4.57. The molecule has 4 nitrogen and oxygen atoms in total. The third kappa shape index (κ3) is 3.31. The second-order valence-corrected chi connectivity index (χ2v) is 6.21. The third-order valence-corrected chi connectivity index (χ3v) is 4.55. The molecule has 0 saturated heterocycles. The van der Waals surface area contributed by atoms with Gasteiger partial charge in [0.2, 0.25) is 0 Å². The molecule has 0 aromatic carbocycles. The highest BCUT2D eigenvalue weighted by atomic mass is 32.2. The van der Waals surface area contributed by atoms with Gasteiger partial charge in [-0.1, -0.05) is 11.8 Å². The molecule has 1 unspecified atom stereocenters. The van der Waals surface area contributed by atoms with Crippen molar-refractivity contribution in [3.63, 3.8) is 0 Å². The van der Waals surface area contributed by atoms with Crippen LogP contribution in [0.1, 0.15) is 11.9 Å². The normalized spacial score (nSPS) is 13.2. The van der Waals surface area contributed by atoms with Gasteiger partial charge < -0.3 is 4.57 Å². The minimum atomic E-state index is 0.410. The molecule has 2 heterocycles. The smallest absolute Gasteiger partial charge is 0.169 e. The van der Waals surface area contributed by atoms with Gasteiger partial charge in [0.25, 0.3) is 0 Å². The van der Waals surface area contributed by atoms with E-state index in [0.717, 1.165) is 16.7 Å². The van der Waals surface area contributed by atoms with Crippen molar-refractivity contribution in [2.24, 2.45) is 0 Å². The van der Waals surface area contributed by atoms with E-state index in [1.165, 1.54) is 0 Å². The Morgan fingerprint density at radius 3 is 2.88 bits per heavy atom. The van der Waals surface area contributed by atoms with E-state index in [1.807, 2.05) is 24.0 Å². The lowest BCUT2D eigenvalue weighted by atomic mass is 10.6. The number of thiazole rings is 1. The molecule has 6 heteroatoms. The number of thioether (sulfide) groups is 1. The first kappa shape index (κ1) is 12.6. The number of imidazole rings is 1. The summed E-state index contributed by atoms with van der Waals surface area (Å²) in [4.78, 5) is 10.9.